The van der Waals surface area contributed by atoms with Crippen LogP contribution in [0.5, 0.6) is 0 Å². The summed E-state index contributed by atoms with van der Waals surface area (Å²) in [6.07, 6.45) is 0.124. The molecule has 11 heteroatoms. The number of hydrogen-bond donors (Lipinski definition) is 2. The minimum atomic E-state index is -5.08. The number of nitrogens with zero attached hydrogens (tertiary/aromatic N) is 2. The molecule has 1 aliphatic heterocycles. The highest BCUT2D eigenvalue weighted by molar-refractivity contribution is 6.02. The standard InChI is InChI=1S/C17H14FN3O2.C2HF3O2/c18-14-6-4-13(5-7-14)15-8-3-12(10-19-15)2-1-9-21-16(22)11-20-17(21)23;3-2(4,5)1(6)7/h1-8,10H,9,11H2,(H,20,23);(H,6,7). The van der Waals surface area contributed by atoms with Gasteiger partial charge >= 0.3 is 18.2 Å². The number of rotatable bonds is 4. The van der Waals surface area contributed by atoms with Gasteiger partial charge in [0, 0.05) is 18.3 Å². The summed E-state index contributed by atoms with van der Waals surface area (Å²) in [5, 5.41) is 9.59. The zero-order valence-corrected chi connectivity index (χ0v) is 15.2. The van der Waals surface area contributed by atoms with Crippen molar-refractivity contribution in [1.29, 1.82) is 0 Å². The van der Waals surface area contributed by atoms with Gasteiger partial charge in [-0.1, -0.05) is 18.2 Å². The molecule has 3 rings (SSSR count). The number of imide groups is 1. The van der Waals surface area contributed by atoms with E-state index in [1.54, 1.807) is 30.5 Å². The summed E-state index contributed by atoms with van der Waals surface area (Å²) in [6, 6.07) is 9.46. The number of carboxylic acid groups (broad SMARTS) is 1. The van der Waals surface area contributed by atoms with Gasteiger partial charge in [-0.2, -0.15) is 13.2 Å². The Morgan fingerprint density at radius 2 is 1.80 bits per heavy atom. The van der Waals surface area contributed by atoms with E-state index in [1.807, 2.05) is 12.1 Å². The van der Waals surface area contributed by atoms with E-state index < -0.39 is 12.1 Å². The summed E-state index contributed by atoms with van der Waals surface area (Å²) in [5.41, 5.74) is 2.43. The third-order valence-corrected chi connectivity index (χ3v) is 3.70. The lowest BCUT2D eigenvalue weighted by atomic mass is 10.1. The van der Waals surface area contributed by atoms with Crippen LogP contribution in [0.4, 0.5) is 22.4 Å². The maximum Gasteiger partial charge on any atom is 0.490 e. The summed E-state index contributed by atoms with van der Waals surface area (Å²) in [5.74, 6) is -3.27. The molecule has 1 saturated heterocycles. The second-order valence-corrected chi connectivity index (χ2v) is 5.85. The third kappa shape index (κ3) is 6.40. The van der Waals surface area contributed by atoms with Crippen LogP contribution in [0.3, 0.4) is 0 Å². The van der Waals surface area contributed by atoms with Crippen molar-refractivity contribution in [2.24, 2.45) is 0 Å². The number of pyridine rings is 1. The second kappa shape index (κ2) is 9.63. The highest BCUT2D eigenvalue weighted by Gasteiger charge is 2.38. The van der Waals surface area contributed by atoms with Crippen molar-refractivity contribution in [2.75, 3.05) is 13.1 Å². The fourth-order valence-electron chi connectivity index (χ4n) is 2.23. The average Bonchev–Trinajstić information content (AvgIpc) is 3.01. The van der Waals surface area contributed by atoms with Crippen LogP contribution in [0, 0.1) is 5.82 Å². The first kappa shape index (κ1) is 22.5. The van der Waals surface area contributed by atoms with E-state index in [0.29, 0.717) is 0 Å². The molecule has 0 bridgehead atoms. The molecule has 158 valence electrons. The first-order valence-corrected chi connectivity index (χ1v) is 8.35. The average molecular weight is 425 g/mol. The van der Waals surface area contributed by atoms with E-state index in [4.69, 9.17) is 9.90 Å². The first-order valence-electron chi connectivity index (χ1n) is 8.35. The molecule has 0 unspecified atom stereocenters. The number of carbonyl (C=O) groups is 3. The Morgan fingerprint density at radius 1 is 1.17 bits per heavy atom. The number of hydrogen-bond acceptors (Lipinski definition) is 4. The number of amides is 3. The van der Waals surface area contributed by atoms with Crippen molar-refractivity contribution >= 4 is 24.0 Å². The van der Waals surface area contributed by atoms with Crippen LogP contribution in [-0.2, 0) is 9.59 Å². The number of aliphatic carboxylic acids is 1. The molecule has 0 spiro atoms. The summed E-state index contributed by atoms with van der Waals surface area (Å²) < 4.78 is 44.6. The summed E-state index contributed by atoms with van der Waals surface area (Å²) in [7, 11) is 0. The van der Waals surface area contributed by atoms with Gasteiger partial charge in [0.2, 0.25) is 5.91 Å². The van der Waals surface area contributed by atoms with Crippen LogP contribution in [-0.4, -0.2) is 52.2 Å². The molecular weight excluding hydrogens is 410 g/mol. The quantitative estimate of drug-likeness (QED) is 0.579. The number of nitrogens with one attached hydrogen (secondary N) is 1. The smallest absolute Gasteiger partial charge is 0.475 e. The van der Waals surface area contributed by atoms with Crippen molar-refractivity contribution < 1.29 is 37.1 Å². The lowest BCUT2D eigenvalue weighted by molar-refractivity contribution is -0.192. The molecule has 0 atom stereocenters. The van der Waals surface area contributed by atoms with Crippen LogP contribution >= 0.6 is 0 Å². The molecule has 7 nitrogen and oxygen atoms in total. The molecule has 2 heterocycles. The van der Waals surface area contributed by atoms with Gasteiger partial charge in [-0.15, -0.1) is 0 Å². The van der Waals surface area contributed by atoms with E-state index in [1.165, 1.54) is 12.1 Å². The minimum Gasteiger partial charge on any atom is -0.475 e. The van der Waals surface area contributed by atoms with Gasteiger partial charge in [0.05, 0.1) is 12.2 Å². The van der Waals surface area contributed by atoms with Gasteiger partial charge in [-0.25, -0.2) is 14.0 Å². The molecule has 1 aromatic heterocycles. The zero-order chi connectivity index (χ0) is 22.3. The molecule has 2 aromatic rings. The van der Waals surface area contributed by atoms with Crippen LogP contribution < -0.4 is 5.32 Å². The minimum absolute atomic E-state index is 0.0561. The van der Waals surface area contributed by atoms with Crippen molar-refractivity contribution in [3.63, 3.8) is 0 Å². The van der Waals surface area contributed by atoms with Gasteiger partial charge < -0.3 is 10.4 Å². The Kier molecular flexibility index (Phi) is 7.23. The lowest BCUT2D eigenvalue weighted by Crippen LogP contribution is -2.30. The Hall–Kier alpha value is -3.76. The summed E-state index contributed by atoms with van der Waals surface area (Å²) >= 11 is 0. The number of urea groups is 1. The summed E-state index contributed by atoms with van der Waals surface area (Å²) in [6.45, 7) is 0.283. The number of carbonyl (C=O) groups excluding carboxylic acids is 2. The fourth-order valence-corrected chi connectivity index (χ4v) is 2.23. The molecule has 1 fully saturated rings. The third-order valence-electron chi connectivity index (χ3n) is 3.70. The molecule has 3 amide bonds. The van der Waals surface area contributed by atoms with E-state index in [-0.39, 0.29) is 30.8 Å². The van der Waals surface area contributed by atoms with Crippen LogP contribution in [0.15, 0.2) is 48.7 Å². The fraction of sp³-hybridized carbons (Fsp3) is 0.158. The first-order chi connectivity index (χ1) is 14.1. The highest BCUT2D eigenvalue weighted by Crippen LogP contribution is 2.18. The maximum absolute atomic E-state index is 12.9. The number of alkyl halides is 3. The van der Waals surface area contributed by atoms with Gasteiger partial charge in [0.25, 0.3) is 0 Å². The largest absolute Gasteiger partial charge is 0.490 e. The Labute approximate surface area is 167 Å². The van der Waals surface area contributed by atoms with E-state index in [0.717, 1.165) is 21.7 Å². The predicted molar refractivity (Wildman–Crippen MR) is 97.5 cm³/mol. The maximum atomic E-state index is 12.9. The Morgan fingerprint density at radius 3 is 2.27 bits per heavy atom. The van der Waals surface area contributed by atoms with Crippen LogP contribution in [0.25, 0.3) is 17.3 Å². The molecule has 0 radical (unpaired) electrons. The summed E-state index contributed by atoms with van der Waals surface area (Å²) in [4.78, 5) is 37.2. The molecule has 0 aliphatic carbocycles. The normalized spacial score (nSPS) is 13.8. The van der Waals surface area contributed by atoms with E-state index >= 15 is 0 Å². The number of benzene rings is 1. The van der Waals surface area contributed by atoms with Crippen molar-refractivity contribution in [2.45, 2.75) is 6.18 Å². The molecule has 1 aliphatic rings. The van der Waals surface area contributed by atoms with Gasteiger partial charge in [-0.05, 0) is 35.9 Å². The van der Waals surface area contributed by atoms with Gasteiger partial charge in [0.15, 0.2) is 0 Å². The number of carboxylic acids is 1. The lowest BCUT2D eigenvalue weighted by Gasteiger charge is -2.08. The molecule has 2 N–H and O–H groups in total. The number of aromatic nitrogens is 1. The Balaban J connectivity index is 0.000000396. The van der Waals surface area contributed by atoms with Crippen LogP contribution in [0.2, 0.25) is 0 Å². The molecular formula is C19H15F4N3O4. The monoisotopic (exact) mass is 425 g/mol. The van der Waals surface area contributed by atoms with Gasteiger partial charge in [-0.3, -0.25) is 14.7 Å². The Bertz CT molecular complexity index is 926. The molecule has 0 saturated carbocycles. The molecule has 30 heavy (non-hydrogen) atoms. The van der Waals surface area contributed by atoms with Crippen molar-refractivity contribution in [3.8, 4) is 11.3 Å². The van der Waals surface area contributed by atoms with E-state index in [2.05, 4.69) is 10.3 Å². The number of halogens is 4. The SMILES string of the molecule is O=C(O)C(F)(F)F.O=C1CNC(=O)N1CC=Cc1ccc(-c2ccc(F)cc2)nc1. The van der Waals surface area contributed by atoms with Crippen molar-refractivity contribution in [1.82, 2.24) is 15.2 Å². The predicted octanol–water partition coefficient (Wildman–Crippen LogP) is 3.09. The topological polar surface area (TPSA) is 99.6 Å². The highest BCUT2D eigenvalue weighted by atomic mass is 19.4. The van der Waals surface area contributed by atoms with Gasteiger partial charge in [0.1, 0.15) is 5.82 Å². The zero-order valence-electron chi connectivity index (χ0n) is 15.2. The van der Waals surface area contributed by atoms with Crippen molar-refractivity contribution in [3.05, 3.63) is 60.1 Å². The van der Waals surface area contributed by atoms with Crippen LogP contribution in [0.1, 0.15) is 5.56 Å². The van der Waals surface area contributed by atoms with E-state index in [9.17, 15) is 27.2 Å². The second-order valence-electron chi connectivity index (χ2n) is 5.85. The molecule has 1 aromatic carbocycles.